The summed E-state index contributed by atoms with van der Waals surface area (Å²) < 4.78 is 0. The van der Waals surface area contributed by atoms with Crippen molar-refractivity contribution in [1.29, 1.82) is 0 Å². The molecule has 2 rings (SSSR count). The fourth-order valence-corrected chi connectivity index (χ4v) is 2.74. The third kappa shape index (κ3) is 4.96. The van der Waals surface area contributed by atoms with Crippen molar-refractivity contribution in [2.24, 2.45) is 0 Å². The zero-order chi connectivity index (χ0) is 15.2. The molecule has 22 heavy (non-hydrogen) atoms. The summed E-state index contributed by atoms with van der Waals surface area (Å²) in [6, 6.07) is 18.8. The average molecular weight is 307 g/mol. The van der Waals surface area contributed by atoms with Gasteiger partial charge in [0.25, 0.3) is 0 Å². The zero-order valence-electron chi connectivity index (χ0n) is 13.0. The molecule has 0 aromatic heterocycles. The number of benzene rings is 2. The molecule has 3 atom stereocenters. The van der Waals surface area contributed by atoms with Crippen molar-refractivity contribution < 1.29 is 15.0 Å². The average Bonchev–Trinajstić information content (AvgIpc) is 2.48. The maximum atomic E-state index is 11.8. The Bertz CT molecular complexity index is 569. The summed E-state index contributed by atoms with van der Waals surface area (Å²) in [5, 5.41) is 19.5. The van der Waals surface area contributed by atoms with E-state index in [1.54, 1.807) is 6.92 Å². The molecular weight excluding hydrogens is 287 g/mol. The molecule has 2 aromatic rings. The predicted octanol–water partition coefficient (Wildman–Crippen LogP) is 3.03. The van der Waals surface area contributed by atoms with Crippen LogP contribution in [0.5, 0.6) is 0 Å². The van der Waals surface area contributed by atoms with Gasteiger partial charge in [-0.3, -0.25) is 4.79 Å². The number of carbonyl (C=O) groups is 1. The first-order valence-electron chi connectivity index (χ1n) is 7.10. The summed E-state index contributed by atoms with van der Waals surface area (Å²) in [7, 11) is 0. The Labute approximate surface area is 153 Å². The second kappa shape index (κ2) is 9.11. The molecule has 0 aliphatic heterocycles. The second-order valence-corrected chi connectivity index (χ2v) is 5.33. The van der Waals surface area contributed by atoms with E-state index < -0.39 is 18.0 Å². The summed E-state index contributed by atoms with van der Waals surface area (Å²) in [5.74, 6) is -1.79. The summed E-state index contributed by atoms with van der Waals surface area (Å²) in [5.41, 5.74) is 1.70. The Morgan fingerprint density at radius 3 is 1.82 bits per heavy atom. The van der Waals surface area contributed by atoms with E-state index in [2.05, 4.69) is 0 Å². The van der Waals surface area contributed by atoms with Gasteiger partial charge in [-0.15, -0.1) is 0 Å². The minimum atomic E-state index is -0.865. The first-order valence-corrected chi connectivity index (χ1v) is 7.10. The molecule has 3 unspecified atom stereocenters. The second-order valence-electron chi connectivity index (χ2n) is 5.33. The molecule has 2 N–H and O–H groups in total. The monoisotopic (exact) mass is 307 g/mol. The molecule has 4 heteroatoms. The van der Waals surface area contributed by atoms with Gasteiger partial charge in [0.15, 0.2) is 0 Å². The van der Waals surface area contributed by atoms with Crippen molar-refractivity contribution in [1.82, 2.24) is 0 Å². The molecule has 3 nitrogen and oxygen atoms in total. The molecule has 1 radical (unpaired) electrons. The molecule has 0 saturated carbocycles. The van der Waals surface area contributed by atoms with E-state index in [1.165, 1.54) is 0 Å². The Balaban J connectivity index is 0.00000242. The third-order valence-electron chi connectivity index (χ3n) is 3.65. The molecule has 0 aliphatic rings. The van der Waals surface area contributed by atoms with Crippen LogP contribution >= 0.6 is 0 Å². The summed E-state index contributed by atoms with van der Waals surface area (Å²) in [6.45, 7) is 1.69. The fourth-order valence-electron chi connectivity index (χ4n) is 2.74. The van der Waals surface area contributed by atoms with Crippen LogP contribution in [-0.2, 0) is 4.79 Å². The van der Waals surface area contributed by atoms with Crippen molar-refractivity contribution in [3.05, 3.63) is 71.8 Å². The number of hydrogen-bond acceptors (Lipinski definition) is 2. The van der Waals surface area contributed by atoms with Crippen LogP contribution < -0.4 is 0 Å². The van der Waals surface area contributed by atoms with Crippen LogP contribution in [0, 0.1) is 0 Å². The Hall–Kier alpha value is -1.13. The van der Waals surface area contributed by atoms with E-state index >= 15 is 0 Å². The summed E-state index contributed by atoms with van der Waals surface area (Å²) in [4.78, 5) is 11.8. The van der Waals surface area contributed by atoms with Gasteiger partial charge in [0.2, 0.25) is 0 Å². The first-order chi connectivity index (χ1) is 10.1. The summed E-state index contributed by atoms with van der Waals surface area (Å²) in [6.07, 6.45) is -0.142. The molecule has 0 bridgehead atoms. The fraction of sp³-hybridized carbons (Fsp3) is 0.278. The molecular formula is C18H20NaO3. The number of carboxylic acids is 1. The summed E-state index contributed by atoms with van der Waals surface area (Å²) >= 11 is 0. The topological polar surface area (TPSA) is 57.5 Å². The largest absolute Gasteiger partial charge is 0.481 e. The van der Waals surface area contributed by atoms with Crippen molar-refractivity contribution in [3.8, 4) is 0 Å². The van der Waals surface area contributed by atoms with Crippen molar-refractivity contribution in [2.75, 3.05) is 0 Å². The number of hydrogen-bond donors (Lipinski definition) is 2. The normalized spacial score (nSPS) is 14.5. The zero-order valence-corrected chi connectivity index (χ0v) is 15.0. The van der Waals surface area contributed by atoms with E-state index in [-0.39, 0.29) is 35.5 Å². The van der Waals surface area contributed by atoms with Gasteiger partial charge in [-0.2, -0.15) is 0 Å². The number of aliphatic hydroxyl groups excluding tert-OH is 1. The van der Waals surface area contributed by atoms with Crippen molar-refractivity contribution in [3.63, 3.8) is 0 Å². The van der Waals surface area contributed by atoms with Gasteiger partial charge in [0, 0.05) is 35.5 Å². The van der Waals surface area contributed by atoms with Crippen molar-refractivity contribution >= 4 is 35.5 Å². The standard InChI is InChI=1S/C18H20O3.Na/c1-13(19)12-16(14-8-4-2-5-9-14)17(18(20)21)15-10-6-3-7-11-15;/h2-11,13,16-17,19H,12H2,1H3,(H,20,21);. The SMILES string of the molecule is CC(O)CC(c1ccccc1)C(C(=O)O)c1ccccc1.[Na]. The smallest absolute Gasteiger partial charge is 0.311 e. The van der Waals surface area contributed by atoms with Crippen LogP contribution in [0.15, 0.2) is 60.7 Å². The van der Waals surface area contributed by atoms with E-state index in [4.69, 9.17) is 0 Å². The van der Waals surface area contributed by atoms with Gasteiger partial charge in [0.1, 0.15) is 0 Å². The Kier molecular flexibility index (Phi) is 7.83. The van der Waals surface area contributed by atoms with Crippen LogP contribution in [0.3, 0.4) is 0 Å². The van der Waals surface area contributed by atoms with Crippen LogP contribution in [0.4, 0.5) is 0 Å². The number of carboxylic acid groups (broad SMARTS) is 1. The maximum absolute atomic E-state index is 11.8. The predicted molar refractivity (Wildman–Crippen MR) is 88.1 cm³/mol. The molecule has 2 aromatic carbocycles. The van der Waals surface area contributed by atoms with Crippen LogP contribution in [-0.4, -0.2) is 51.8 Å². The molecule has 0 amide bonds. The number of aliphatic carboxylic acids is 1. The molecule has 0 saturated heterocycles. The third-order valence-corrected chi connectivity index (χ3v) is 3.65. The van der Waals surface area contributed by atoms with Gasteiger partial charge >= 0.3 is 5.97 Å². The molecule has 111 valence electrons. The van der Waals surface area contributed by atoms with Crippen LogP contribution in [0.1, 0.15) is 36.3 Å². The quantitative estimate of drug-likeness (QED) is 0.807. The Morgan fingerprint density at radius 2 is 1.41 bits per heavy atom. The van der Waals surface area contributed by atoms with Crippen LogP contribution in [0.2, 0.25) is 0 Å². The van der Waals surface area contributed by atoms with Crippen LogP contribution in [0.25, 0.3) is 0 Å². The minimum Gasteiger partial charge on any atom is -0.481 e. The maximum Gasteiger partial charge on any atom is 0.311 e. The van der Waals surface area contributed by atoms with Crippen molar-refractivity contribution in [2.45, 2.75) is 31.3 Å². The van der Waals surface area contributed by atoms with E-state index in [9.17, 15) is 15.0 Å². The molecule has 0 heterocycles. The van der Waals surface area contributed by atoms with Gasteiger partial charge in [-0.1, -0.05) is 60.7 Å². The Morgan fingerprint density at radius 1 is 0.955 bits per heavy atom. The number of aliphatic hydroxyl groups is 1. The minimum absolute atomic E-state index is 0. The van der Waals surface area contributed by atoms with Gasteiger partial charge in [-0.25, -0.2) is 0 Å². The van der Waals surface area contributed by atoms with Gasteiger partial charge < -0.3 is 10.2 Å². The van der Waals surface area contributed by atoms with E-state index in [0.29, 0.717) is 6.42 Å². The van der Waals surface area contributed by atoms with E-state index in [1.807, 2.05) is 60.7 Å². The molecule has 0 spiro atoms. The first kappa shape index (κ1) is 18.9. The molecule has 0 fully saturated rings. The van der Waals surface area contributed by atoms with Gasteiger partial charge in [-0.05, 0) is 24.5 Å². The van der Waals surface area contributed by atoms with E-state index in [0.717, 1.165) is 11.1 Å². The number of rotatable bonds is 6. The molecule has 0 aliphatic carbocycles. The van der Waals surface area contributed by atoms with Gasteiger partial charge in [0.05, 0.1) is 12.0 Å².